The van der Waals surface area contributed by atoms with Gasteiger partial charge in [-0.05, 0) is 71.5 Å². The summed E-state index contributed by atoms with van der Waals surface area (Å²) in [5.41, 5.74) is 10.3. The van der Waals surface area contributed by atoms with E-state index in [4.69, 9.17) is 25.8 Å². The molecule has 0 fully saturated rings. The Hall–Kier alpha value is -3.62. The molecule has 0 spiro atoms. The van der Waals surface area contributed by atoms with E-state index in [9.17, 15) is 0 Å². The van der Waals surface area contributed by atoms with Crippen LogP contribution in [0, 0.1) is 12.1 Å². The lowest BCUT2D eigenvalue weighted by Gasteiger charge is -2.13. The van der Waals surface area contributed by atoms with Crippen molar-refractivity contribution in [3.8, 4) is 22.6 Å². The molecular weight excluding hydrogens is 489 g/mol. The topological polar surface area (TPSA) is 92.1 Å². The number of amidine groups is 1. The number of aryl methyl sites for hydroxylation is 1. The first-order valence-corrected chi connectivity index (χ1v) is 12.9. The number of nitrogens with zero attached hydrogens (tertiary/aromatic N) is 1. The molecule has 0 aliphatic heterocycles. The van der Waals surface area contributed by atoms with Gasteiger partial charge in [0.2, 0.25) is 0 Å². The van der Waals surface area contributed by atoms with Crippen molar-refractivity contribution in [2.45, 2.75) is 32.8 Å². The van der Waals surface area contributed by atoms with E-state index in [0.29, 0.717) is 37.6 Å². The van der Waals surface area contributed by atoms with Gasteiger partial charge >= 0.3 is 0 Å². The highest BCUT2D eigenvalue weighted by Crippen LogP contribution is 2.40. The zero-order valence-corrected chi connectivity index (χ0v) is 22.1. The number of fused-ring (bicyclic) bond motifs is 1. The molecule has 8 heteroatoms. The molecule has 4 rings (SSSR count). The van der Waals surface area contributed by atoms with Gasteiger partial charge in [0.25, 0.3) is 0 Å². The minimum atomic E-state index is -0.200. The van der Waals surface area contributed by atoms with Crippen molar-refractivity contribution in [3.05, 3.63) is 82.5 Å². The van der Waals surface area contributed by atoms with Gasteiger partial charge in [0.1, 0.15) is 30.5 Å². The highest BCUT2D eigenvalue weighted by Gasteiger charge is 2.17. The van der Waals surface area contributed by atoms with Crippen LogP contribution in [0.1, 0.15) is 36.0 Å². The molecule has 3 aromatic carbocycles. The smallest absolute Gasteiger partial charge is 0.185 e. The van der Waals surface area contributed by atoms with Gasteiger partial charge in [-0.2, -0.15) is 9.49 Å². The maximum absolute atomic E-state index is 15.1. The zero-order valence-electron chi connectivity index (χ0n) is 21.3. The van der Waals surface area contributed by atoms with Crippen LogP contribution in [0.5, 0.6) is 11.5 Å². The number of benzene rings is 3. The van der Waals surface area contributed by atoms with Gasteiger partial charge in [-0.1, -0.05) is 31.2 Å². The number of rotatable bonds is 11. The summed E-state index contributed by atoms with van der Waals surface area (Å²) >= 11 is 1.16. The molecule has 0 amide bonds. The molecule has 0 radical (unpaired) electrons. The fourth-order valence-corrected chi connectivity index (χ4v) is 5.17. The number of thiophene rings is 1. The third-order valence-corrected chi connectivity index (χ3v) is 7.23. The lowest BCUT2D eigenvalue weighted by molar-refractivity contribution is 0.146. The first kappa shape index (κ1) is 26.4. The van der Waals surface area contributed by atoms with Gasteiger partial charge < -0.3 is 25.8 Å². The Kier molecular flexibility index (Phi) is 8.63. The summed E-state index contributed by atoms with van der Waals surface area (Å²) in [7, 11) is 1.64. The molecule has 4 aromatic rings. The molecule has 1 aromatic heterocycles. The Morgan fingerprint density at radius 3 is 2.46 bits per heavy atom. The van der Waals surface area contributed by atoms with Crippen molar-refractivity contribution in [2.24, 2.45) is 16.7 Å². The third-order valence-electron chi connectivity index (χ3n) is 6.27. The van der Waals surface area contributed by atoms with E-state index in [1.54, 1.807) is 7.11 Å². The molecule has 4 N–H and O–H groups in total. The zero-order chi connectivity index (χ0) is 26.4. The maximum Gasteiger partial charge on any atom is 0.185 e. The predicted octanol–water partition coefficient (Wildman–Crippen LogP) is 6.34. The van der Waals surface area contributed by atoms with Crippen molar-refractivity contribution in [1.82, 2.24) is 0 Å². The highest BCUT2D eigenvalue weighted by molar-refractivity contribution is 7.18. The van der Waals surface area contributed by atoms with Crippen LogP contribution >= 0.6 is 11.3 Å². The van der Waals surface area contributed by atoms with Crippen LogP contribution in [0.15, 0.2) is 65.8 Å². The second kappa shape index (κ2) is 12.1. The maximum atomic E-state index is 15.1. The summed E-state index contributed by atoms with van der Waals surface area (Å²) in [6, 6.07) is 19.6. The SMILES string of the molecule is COCCOc1ccc(-c2c(F)sc3ccc(COc4ccc(C(C)C/C(N)=N/N)cc4)cc23)c(C)c1. The summed E-state index contributed by atoms with van der Waals surface area (Å²) in [5, 5.41) is 4.22. The van der Waals surface area contributed by atoms with E-state index in [2.05, 4.69) is 12.0 Å². The van der Waals surface area contributed by atoms with Gasteiger partial charge in [-0.3, -0.25) is 0 Å². The van der Waals surface area contributed by atoms with E-state index in [-0.39, 0.29) is 11.0 Å². The minimum absolute atomic E-state index is 0.199. The minimum Gasteiger partial charge on any atom is -0.491 e. The first-order chi connectivity index (χ1) is 17.9. The Labute approximate surface area is 220 Å². The number of hydrazone groups is 1. The average Bonchev–Trinajstić information content (AvgIpc) is 3.22. The predicted molar refractivity (Wildman–Crippen MR) is 149 cm³/mol. The molecule has 6 nitrogen and oxygen atoms in total. The molecular formula is C29H32FN3O3S. The molecule has 1 unspecified atom stereocenters. The van der Waals surface area contributed by atoms with Gasteiger partial charge in [0, 0.05) is 29.2 Å². The standard InChI is InChI=1S/C29H32FN3O3S/c1-18(15-27(31)33-32)21-5-7-22(8-6-21)36-17-20-4-11-26-25(16-20)28(29(30)37-26)24-10-9-23(14-19(24)2)35-13-12-34-3/h4-11,14,16,18H,12-13,15,17,32H2,1-3H3,(H2,31,33). The third kappa shape index (κ3) is 6.39. The number of halogens is 1. The van der Waals surface area contributed by atoms with Gasteiger partial charge in [0.15, 0.2) is 5.13 Å². The van der Waals surface area contributed by atoms with Crippen LogP contribution in [0.2, 0.25) is 0 Å². The van der Waals surface area contributed by atoms with Crippen molar-refractivity contribution in [1.29, 1.82) is 0 Å². The molecule has 194 valence electrons. The Morgan fingerprint density at radius 2 is 1.76 bits per heavy atom. The Morgan fingerprint density at radius 1 is 1.00 bits per heavy atom. The number of ether oxygens (including phenoxy) is 3. The van der Waals surface area contributed by atoms with Crippen LogP contribution < -0.4 is 21.1 Å². The molecule has 0 saturated heterocycles. The van der Waals surface area contributed by atoms with Gasteiger partial charge in [0.05, 0.1) is 6.61 Å². The van der Waals surface area contributed by atoms with Gasteiger partial charge in [-0.25, -0.2) is 0 Å². The first-order valence-electron chi connectivity index (χ1n) is 12.1. The molecule has 1 heterocycles. The Balaban J connectivity index is 1.50. The summed E-state index contributed by atoms with van der Waals surface area (Å²) in [6.07, 6.45) is 0.597. The van der Waals surface area contributed by atoms with Crippen molar-refractivity contribution in [3.63, 3.8) is 0 Å². The molecule has 0 aliphatic carbocycles. The normalized spacial score (nSPS) is 12.6. The number of methoxy groups -OCH3 is 1. The van der Waals surface area contributed by atoms with Crippen LogP contribution in [0.25, 0.3) is 21.2 Å². The van der Waals surface area contributed by atoms with Crippen LogP contribution in [0.3, 0.4) is 0 Å². The fraction of sp³-hybridized carbons (Fsp3) is 0.276. The van der Waals surface area contributed by atoms with Crippen molar-refractivity contribution < 1.29 is 18.6 Å². The van der Waals surface area contributed by atoms with Gasteiger partial charge in [-0.15, -0.1) is 11.3 Å². The Bertz CT molecular complexity index is 1390. The van der Waals surface area contributed by atoms with E-state index >= 15 is 4.39 Å². The molecule has 0 saturated carbocycles. The summed E-state index contributed by atoms with van der Waals surface area (Å²) < 4.78 is 32.8. The largest absolute Gasteiger partial charge is 0.491 e. The number of nitrogens with two attached hydrogens (primary N) is 2. The van der Waals surface area contributed by atoms with Crippen molar-refractivity contribution >= 4 is 27.3 Å². The number of hydrogen-bond acceptors (Lipinski definition) is 6. The van der Waals surface area contributed by atoms with Crippen LogP contribution in [0.4, 0.5) is 4.39 Å². The van der Waals surface area contributed by atoms with Crippen LogP contribution in [-0.4, -0.2) is 26.2 Å². The summed E-state index contributed by atoms with van der Waals surface area (Å²) in [4.78, 5) is 0. The molecule has 37 heavy (non-hydrogen) atoms. The average molecular weight is 522 g/mol. The van der Waals surface area contributed by atoms with Crippen LogP contribution in [-0.2, 0) is 11.3 Å². The highest BCUT2D eigenvalue weighted by atomic mass is 32.1. The molecule has 0 aliphatic rings. The monoisotopic (exact) mass is 521 g/mol. The quantitative estimate of drug-likeness (QED) is 0.0789. The number of hydrogen-bond donors (Lipinski definition) is 2. The summed E-state index contributed by atoms with van der Waals surface area (Å²) in [5.74, 6) is 7.36. The lowest BCUT2D eigenvalue weighted by atomic mass is 9.97. The van der Waals surface area contributed by atoms with E-state index in [1.165, 1.54) is 0 Å². The second-order valence-corrected chi connectivity index (χ2v) is 9.98. The second-order valence-electron chi connectivity index (χ2n) is 8.98. The molecule has 1 atom stereocenters. The van der Waals surface area contributed by atoms with E-state index < -0.39 is 0 Å². The fourth-order valence-electron chi connectivity index (χ4n) is 4.25. The lowest BCUT2D eigenvalue weighted by Crippen LogP contribution is -2.16. The molecule has 0 bridgehead atoms. The van der Waals surface area contributed by atoms with E-state index in [0.717, 1.165) is 55.2 Å². The van der Waals surface area contributed by atoms with Crippen molar-refractivity contribution in [2.75, 3.05) is 20.3 Å². The summed E-state index contributed by atoms with van der Waals surface area (Å²) in [6.45, 7) is 5.39. The van der Waals surface area contributed by atoms with E-state index in [1.807, 2.05) is 67.6 Å².